The number of nitrogens with one attached hydrogen (secondary N) is 1. The number of nitrogens with zero attached hydrogens (tertiary/aromatic N) is 2. The summed E-state index contributed by atoms with van der Waals surface area (Å²) in [6.45, 7) is 3.17. The smallest absolute Gasteiger partial charge is 0.244 e. The molecule has 1 N–H and O–H groups in total. The Morgan fingerprint density at radius 2 is 1.65 bits per heavy atom. The number of halogens is 3. The number of methoxy groups -OCH3 is 1. The maximum absolute atomic E-state index is 13.4. The van der Waals surface area contributed by atoms with Gasteiger partial charge in [-0.3, -0.25) is 13.9 Å². The number of hydrogen-bond acceptors (Lipinski definition) is 5. The molecule has 0 bridgehead atoms. The number of carbonyl (C=O) groups is 2. The number of ether oxygens (including phenoxy) is 1. The fourth-order valence-electron chi connectivity index (χ4n) is 3.13. The minimum absolute atomic E-state index is 0.00183. The summed E-state index contributed by atoms with van der Waals surface area (Å²) in [5, 5.41) is 2.91. The van der Waals surface area contributed by atoms with Gasteiger partial charge in [0.2, 0.25) is 21.8 Å². The summed E-state index contributed by atoms with van der Waals surface area (Å²) >= 11 is 18.3. The van der Waals surface area contributed by atoms with Crippen LogP contribution in [0.2, 0.25) is 15.1 Å². The summed E-state index contributed by atoms with van der Waals surface area (Å²) in [6.07, 6.45) is 0.945. The molecular weight excluding hydrogens is 525 g/mol. The standard InChI is InChI=1S/C22H26Cl3N3O5S/c1-5-26-22(30)14(2)27(12-15-6-8-16(33-3)9-7-15)21(29)13-28(34(4,31)32)20-11-18(24)17(23)10-19(20)25/h6-11,14H,5,12-13H2,1-4H3,(H,26,30)/t14-/m0/s1. The molecule has 0 fully saturated rings. The van der Waals surface area contributed by atoms with Gasteiger partial charge in [-0.2, -0.15) is 0 Å². The van der Waals surface area contributed by atoms with Crippen molar-refractivity contribution in [3.8, 4) is 5.75 Å². The SMILES string of the molecule is CCNC(=O)[C@H](C)N(Cc1ccc(OC)cc1)C(=O)CN(c1cc(Cl)c(Cl)cc1Cl)S(C)(=O)=O. The molecule has 8 nitrogen and oxygen atoms in total. The van der Waals surface area contributed by atoms with E-state index in [2.05, 4.69) is 5.32 Å². The Morgan fingerprint density at radius 1 is 1.06 bits per heavy atom. The van der Waals surface area contributed by atoms with E-state index in [-0.39, 0.29) is 33.2 Å². The van der Waals surface area contributed by atoms with Crippen molar-refractivity contribution in [3.05, 3.63) is 57.0 Å². The number of carbonyl (C=O) groups excluding carboxylic acids is 2. The van der Waals surface area contributed by atoms with Gasteiger partial charge in [-0.15, -0.1) is 0 Å². The zero-order valence-corrected chi connectivity index (χ0v) is 22.2. The van der Waals surface area contributed by atoms with E-state index in [1.165, 1.54) is 24.1 Å². The molecule has 0 aliphatic carbocycles. The number of sulfonamides is 1. The first kappa shape index (κ1) is 28.0. The Bertz CT molecular complexity index is 1140. The lowest BCUT2D eigenvalue weighted by molar-refractivity contribution is -0.139. The number of anilines is 1. The second kappa shape index (κ2) is 12.0. The molecule has 12 heteroatoms. The molecule has 1 atom stereocenters. The maximum atomic E-state index is 13.4. The van der Waals surface area contributed by atoms with Crippen LogP contribution < -0.4 is 14.4 Å². The van der Waals surface area contributed by atoms with Crippen molar-refractivity contribution in [3.63, 3.8) is 0 Å². The van der Waals surface area contributed by atoms with Crippen LogP contribution in [-0.4, -0.2) is 57.6 Å². The van der Waals surface area contributed by atoms with Crippen LogP contribution >= 0.6 is 34.8 Å². The Kier molecular flexibility index (Phi) is 9.87. The predicted octanol–water partition coefficient (Wildman–Crippen LogP) is 3.97. The largest absolute Gasteiger partial charge is 0.497 e. The second-order valence-electron chi connectivity index (χ2n) is 7.43. The lowest BCUT2D eigenvalue weighted by Crippen LogP contribution is -2.51. The highest BCUT2D eigenvalue weighted by atomic mass is 35.5. The van der Waals surface area contributed by atoms with Gasteiger partial charge in [0.15, 0.2) is 0 Å². The molecule has 0 saturated carbocycles. The van der Waals surface area contributed by atoms with Crippen LogP contribution in [0.3, 0.4) is 0 Å². The molecule has 0 aliphatic heterocycles. The van der Waals surface area contributed by atoms with Gasteiger partial charge in [0.25, 0.3) is 0 Å². The molecule has 0 aliphatic rings. The summed E-state index contributed by atoms with van der Waals surface area (Å²) < 4.78 is 31.2. The van der Waals surface area contributed by atoms with Crippen LogP contribution in [0.1, 0.15) is 19.4 Å². The number of hydrogen-bond donors (Lipinski definition) is 1. The zero-order valence-electron chi connectivity index (χ0n) is 19.1. The summed E-state index contributed by atoms with van der Waals surface area (Å²) in [4.78, 5) is 27.3. The molecule has 34 heavy (non-hydrogen) atoms. The van der Waals surface area contributed by atoms with Gasteiger partial charge in [-0.25, -0.2) is 8.42 Å². The summed E-state index contributed by atoms with van der Waals surface area (Å²) in [5.74, 6) is -0.346. The lowest BCUT2D eigenvalue weighted by Gasteiger charge is -2.31. The van der Waals surface area contributed by atoms with Crippen molar-refractivity contribution in [2.75, 3.05) is 30.8 Å². The fourth-order valence-corrected chi connectivity index (χ4v) is 4.68. The Balaban J connectivity index is 2.44. The van der Waals surface area contributed by atoms with Crippen LogP contribution in [0.15, 0.2) is 36.4 Å². The highest BCUT2D eigenvalue weighted by Crippen LogP contribution is 2.35. The summed E-state index contributed by atoms with van der Waals surface area (Å²) in [7, 11) is -2.42. The highest BCUT2D eigenvalue weighted by molar-refractivity contribution is 7.92. The van der Waals surface area contributed by atoms with E-state index < -0.39 is 28.5 Å². The normalized spacial score (nSPS) is 12.1. The molecule has 2 rings (SSSR count). The first-order valence-electron chi connectivity index (χ1n) is 10.2. The first-order chi connectivity index (χ1) is 15.9. The minimum Gasteiger partial charge on any atom is -0.497 e. The molecule has 186 valence electrons. The Labute approximate surface area is 214 Å². The molecule has 2 amide bonds. The van der Waals surface area contributed by atoms with Crippen molar-refractivity contribution in [2.24, 2.45) is 0 Å². The van der Waals surface area contributed by atoms with Gasteiger partial charge in [0.1, 0.15) is 18.3 Å². The van der Waals surface area contributed by atoms with Crippen LogP contribution in [0.4, 0.5) is 5.69 Å². The van der Waals surface area contributed by atoms with Crippen molar-refractivity contribution >= 4 is 62.3 Å². The van der Waals surface area contributed by atoms with Gasteiger partial charge < -0.3 is 15.0 Å². The van der Waals surface area contributed by atoms with Gasteiger partial charge in [0, 0.05) is 13.1 Å². The molecule has 0 aromatic heterocycles. The minimum atomic E-state index is -3.95. The van der Waals surface area contributed by atoms with E-state index >= 15 is 0 Å². The molecule has 0 unspecified atom stereocenters. The number of likely N-dealkylation sites (N-methyl/N-ethyl adjacent to an activating group) is 1. The fraction of sp³-hybridized carbons (Fsp3) is 0.364. The van der Waals surface area contributed by atoms with Gasteiger partial charge in [-0.1, -0.05) is 46.9 Å². The molecular formula is C22H26Cl3N3O5S. The monoisotopic (exact) mass is 549 g/mol. The number of amides is 2. The van der Waals surface area contributed by atoms with Gasteiger partial charge >= 0.3 is 0 Å². The number of rotatable bonds is 10. The molecule has 0 radical (unpaired) electrons. The lowest BCUT2D eigenvalue weighted by atomic mass is 10.1. The van der Waals surface area contributed by atoms with Crippen molar-refractivity contribution in [2.45, 2.75) is 26.4 Å². The molecule has 0 saturated heterocycles. The Morgan fingerprint density at radius 3 is 2.18 bits per heavy atom. The second-order valence-corrected chi connectivity index (χ2v) is 10.6. The first-order valence-corrected chi connectivity index (χ1v) is 13.2. The third kappa shape index (κ3) is 7.15. The third-order valence-electron chi connectivity index (χ3n) is 4.97. The van der Waals surface area contributed by atoms with Crippen molar-refractivity contribution in [1.82, 2.24) is 10.2 Å². The van der Waals surface area contributed by atoms with Crippen molar-refractivity contribution < 1.29 is 22.7 Å². The molecule has 2 aromatic carbocycles. The van der Waals surface area contributed by atoms with E-state index in [9.17, 15) is 18.0 Å². The predicted molar refractivity (Wildman–Crippen MR) is 135 cm³/mol. The van der Waals surface area contributed by atoms with E-state index in [1.807, 2.05) is 0 Å². The molecule has 0 spiro atoms. The summed E-state index contributed by atoms with van der Waals surface area (Å²) in [6, 6.07) is 8.68. The van der Waals surface area contributed by atoms with Gasteiger partial charge in [0.05, 0.1) is 34.1 Å². The number of benzene rings is 2. The van der Waals surface area contributed by atoms with Crippen LogP contribution in [0.25, 0.3) is 0 Å². The van der Waals surface area contributed by atoms with Crippen molar-refractivity contribution in [1.29, 1.82) is 0 Å². The molecule has 2 aromatic rings. The topological polar surface area (TPSA) is 96.0 Å². The van der Waals surface area contributed by atoms with Gasteiger partial charge in [-0.05, 0) is 43.7 Å². The average Bonchev–Trinajstić information content (AvgIpc) is 2.77. The molecule has 0 heterocycles. The van der Waals surface area contributed by atoms with Crippen LogP contribution in [0.5, 0.6) is 5.75 Å². The average molecular weight is 551 g/mol. The van der Waals surface area contributed by atoms with E-state index in [4.69, 9.17) is 39.5 Å². The maximum Gasteiger partial charge on any atom is 0.244 e. The quantitative estimate of drug-likeness (QED) is 0.452. The Hall–Kier alpha value is -2.20. The zero-order chi connectivity index (χ0) is 25.6. The highest BCUT2D eigenvalue weighted by Gasteiger charge is 2.31. The van der Waals surface area contributed by atoms with Crippen LogP contribution in [-0.2, 0) is 26.2 Å². The van der Waals surface area contributed by atoms with Crippen LogP contribution in [0, 0.1) is 0 Å². The third-order valence-corrected chi connectivity index (χ3v) is 7.12. The van der Waals surface area contributed by atoms with E-state index in [1.54, 1.807) is 38.1 Å². The summed E-state index contributed by atoms with van der Waals surface area (Å²) in [5.41, 5.74) is 0.728. The van der Waals surface area contributed by atoms with E-state index in [0.717, 1.165) is 16.1 Å². The van der Waals surface area contributed by atoms with E-state index in [0.29, 0.717) is 12.3 Å².